The third kappa shape index (κ3) is 3.33. The number of para-hydroxylation sites is 1. The first-order valence-corrected chi connectivity index (χ1v) is 10.3. The Kier molecular flexibility index (Phi) is 5.12. The molecule has 3 heterocycles. The van der Waals surface area contributed by atoms with Crippen LogP contribution in [0.4, 0.5) is 0 Å². The number of oxazole rings is 1. The Labute approximate surface area is 187 Å². The van der Waals surface area contributed by atoms with E-state index < -0.39 is 5.56 Å². The fourth-order valence-corrected chi connectivity index (χ4v) is 3.79. The summed E-state index contributed by atoms with van der Waals surface area (Å²) in [7, 11) is 1.54. The number of aromatic nitrogens is 4. The van der Waals surface area contributed by atoms with Crippen LogP contribution in [0.15, 0.2) is 57.7 Å². The van der Waals surface area contributed by atoms with Gasteiger partial charge in [0.05, 0.1) is 25.0 Å². The number of nitrogens with one attached hydrogen (secondary N) is 1. The summed E-state index contributed by atoms with van der Waals surface area (Å²) in [6, 6.07) is 16.7. The number of nitriles is 1. The van der Waals surface area contributed by atoms with Crippen molar-refractivity contribution < 1.29 is 13.9 Å². The lowest BCUT2D eigenvalue weighted by molar-refractivity contribution is 0.131. The first-order chi connectivity index (χ1) is 16.2. The molecule has 0 aliphatic heterocycles. The summed E-state index contributed by atoms with van der Waals surface area (Å²) in [4.78, 5) is 22.9. The van der Waals surface area contributed by atoms with Gasteiger partial charge in [-0.1, -0.05) is 36.4 Å². The first kappa shape index (κ1) is 20.5. The lowest BCUT2D eigenvalue weighted by Gasteiger charge is -2.07. The van der Waals surface area contributed by atoms with Crippen molar-refractivity contribution in [3.05, 3.63) is 70.3 Å². The highest BCUT2D eigenvalue weighted by atomic mass is 16.5. The van der Waals surface area contributed by atoms with E-state index in [4.69, 9.17) is 18.9 Å². The molecular weight excluding hydrogens is 422 g/mol. The van der Waals surface area contributed by atoms with Crippen molar-refractivity contribution in [2.45, 2.75) is 13.5 Å². The number of rotatable bonds is 6. The van der Waals surface area contributed by atoms with Gasteiger partial charge in [-0.15, -0.1) is 0 Å². The van der Waals surface area contributed by atoms with Crippen LogP contribution in [0, 0.1) is 11.3 Å². The summed E-state index contributed by atoms with van der Waals surface area (Å²) >= 11 is 0. The van der Waals surface area contributed by atoms with Gasteiger partial charge in [0.2, 0.25) is 5.89 Å². The summed E-state index contributed by atoms with van der Waals surface area (Å²) in [5.41, 5.74) is 2.91. The van der Waals surface area contributed by atoms with Crippen LogP contribution < -0.4 is 10.3 Å². The summed E-state index contributed by atoms with van der Waals surface area (Å²) in [5.74, 6) is 0.631. The van der Waals surface area contributed by atoms with Crippen molar-refractivity contribution in [2.24, 2.45) is 0 Å². The minimum absolute atomic E-state index is 0.0781. The fourth-order valence-electron chi connectivity index (χ4n) is 3.79. The van der Waals surface area contributed by atoms with Gasteiger partial charge in [-0.05, 0) is 24.6 Å². The molecule has 0 aliphatic rings. The molecule has 0 saturated carbocycles. The minimum atomic E-state index is -0.445. The van der Waals surface area contributed by atoms with Gasteiger partial charge in [0.25, 0.3) is 5.56 Å². The Morgan fingerprint density at radius 1 is 1.12 bits per heavy atom. The molecule has 0 bridgehead atoms. The summed E-state index contributed by atoms with van der Waals surface area (Å²) in [6.45, 7) is 2.37. The van der Waals surface area contributed by atoms with Gasteiger partial charge in [0.15, 0.2) is 16.7 Å². The largest absolute Gasteiger partial charge is 0.494 e. The normalized spacial score (nSPS) is 11.2. The van der Waals surface area contributed by atoms with E-state index in [1.165, 1.54) is 4.52 Å². The molecule has 0 fully saturated rings. The predicted molar refractivity (Wildman–Crippen MR) is 121 cm³/mol. The molecule has 0 saturated heterocycles. The zero-order valence-electron chi connectivity index (χ0n) is 18.0. The molecule has 0 unspecified atom stereocenters. The molecule has 0 spiro atoms. The molecule has 0 amide bonds. The second-order valence-electron chi connectivity index (χ2n) is 7.20. The highest BCUT2D eigenvalue weighted by Crippen LogP contribution is 2.32. The number of nitrogens with zero attached hydrogens (tertiary/aromatic N) is 4. The second-order valence-corrected chi connectivity index (χ2v) is 7.20. The van der Waals surface area contributed by atoms with E-state index in [-0.39, 0.29) is 23.8 Å². The highest BCUT2D eigenvalue weighted by Gasteiger charge is 2.25. The van der Waals surface area contributed by atoms with Crippen molar-refractivity contribution in [3.8, 4) is 34.4 Å². The Morgan fingerprint density at radius 2 is 1.94 bits per heavy atom. The van der Waals surface area contributed by atoms with E-state index in [1.807, 2.05) is 37.3 Å². The van der Waals surface area contributed by atoms with Crippen LogP contribution in [0.5, 0.6) is 5.75 Å². The van der Waals surface area contributed by atoms with Crippen molar-refractivity contribution >= 4 is 16.7 Å². The first-order valence-electron chi connectivity index (χ1n) is 10.3. The van der Waals surface area contributed by atoms with Crippen LogP contribution in [-0.4, -0.2) is 33.3 Å². The van der Waals surface area contributed by atoms with Gasteiger partial charge in [0.1, 0.15) is 23.1 Å². The molecule has 0 radical (unpaired) electrons. The molecule has 164 valence electrons. The minimum Gasteiger partial charge on any atom is -0.494 e. The summed E-state index contributed by atoms with van der Waals surface area (Å²) in [5, 5.41) is 12.6. The average molecular weight is 441 g/mol. The van der Waals surface area contributed by atoms with E-state index in [1.54, 1.807) is 25.3 Å². The van der Waals surface area contributed by atoms with E-state index in [2.05, 4.69) is 16.2 Å². The lowest BCUT2D eigenvalue weighted by Crippen LogP contribution is -2.21. The van der Waals surface area contributed by atoms with Gasteiger partial charge in [-0.25, -0.2) is 9.97 Å². The van der Waals surface area contributed by atoms with E-state index in [9.17, 15) is 10.1 Å². The maximum absolute atomic E-state index is 13.7. The number of methoxy groups -OCH3 is 1. The standard InChI is InChI=1S/C24H19N5O4/c1-3-32-13-16-20(23-27-21-17(31-2)10-7-11-18(21)33-23)24(30)29-22(26-16)19(15(12-25)28-29)14-8-5-4-6-9-14/h4-11,28H,3,13H2,1-2H3. The molecule has 0 atom stereocenters. The Balaban J connectivity index is 1.82. The zero-order valence-corrected chi connectivity index (χ0v) is 18.0. The Hall–Kier alpha value is -4.42. The van der Waals surface area contributed by atoms with Crippen LogP contribution in [0.25, 0.3) is 39.3 Å². The third-order valence-electron chi connectivity index (χ3n) is 5.29. The predicted octanol–water partition coefficient (Wildman–Crippen LogP) is 3.91. The second kappa shape index (κ2) is 8.26. The van der Waals surface area contributed by atoms with Crippen LogP contribution in [0.3, 0.4) is 0 Å². The molecule has 5 aromatic rings. The monoisotopic (exact) mass is 441 g/mol. The van der Waals surface area contributed by atoms with Gasteiger partial charge in [-0.2, -0.15) is 9.78 Å². The van der Waals surface area contributed by atoms with E-state index >= 15 is 0 Å². The fraction of sp³-hybridized carbons (Fsp3) is 0.167. The molecular formula is C24H19N5O4. The maximum Gasteiger partial charge on any atom is 0.285 e. The molecule has 0 aliphatic carbocycles. The quantitative estimate of drug-likeness (QED) is 0.424. The van der Waals surface area contributed by atoms with Crippen molar-refractivity contribution in [1.29, 1.82) is 5.26 Å². The van der Waals surface area contributed by atoms with Gasteiger partial charge in [-0.3, -0.25) is 9.89 Å². The van der Waals surface area contributed by atoms with Crippen molar-refractivity contribution in [1.82, 2.24) is 19.6 Å². The molecule has 3 aromatic heterocycles. The van der Waals surface area contributed by atoms with Gasteiger partial charge in [0, 0.05) is 6.61 Å². The van der Waals surface area contributed by atoms with Crippen LogP contribution in [0.2, 0.25) is 0 Å². The van der Waals surface area contributed by atoms with Crippen molar-refractivity contribution in [2.75, 3.05) is 13.7 Å². The molecule has 9 nitrogen and oxygen atoms in total. The zero-order chi connectivity index (χ0) is 22.9. The SMILES string of the molecule is CCOCc1nc2c(-c3ccccc3)c(C#N)[nH]n2c(=O)c1-c1nc2c(OC)cccc2o1. The molecule has 9 heteroatoms. The van der Waals surface area contributed by atoms with E-state index in [0.29, 0.717) is 40.4 Å². The van der Waals surface area contributed by atoms with Crippen LogP contribution >= 0.6 is 0 Å². The number of aromatic amines is 1. The number of fused-ring (bicyclic) bond motifs is 2. The average Bonchev–Trinajstić information content (AvgIpc) is 3.44. The Morgan fingerprint density at radius 3 is 2.67 bits per heavy atom. The molecule has 33 heavy (non-hydrogen) atoms. The maximum atomic E-state index is 13.7. The molecule has 1 N–H and O–H groups in total. The van der Waals surface area contributed by atoms with Crippen LogP contribution in [0.1, 0.15) is 18.3 Å². The van der Waals surface area contributed by atoms with Crippen LogP contribution in [-0.2, 0) is 11.3 Å². The number of H-pyrrole nitrogens is 1. The summed E-state index contributed by atoms with van der Waals surface area (Å²) < 4.78 is 18.1. The molecule has 2 aromatic carbocycles. The number of ether oxygens (including phenoxy) is 2. The third-order valence-corrected chi connectivity index (χ3v) is 5.29. The number of benzene rings is 2. The highest BCUT2D eigenvalue weighted by molar-refractivity contribution is 5.84. The summed E-state index contributed by atoms with van der Waals surface area (Å²) in [6.07, 6.45) is 0. The van der Waals surface area contributed by atoms with E-state index in [0.717, 1.165) is 5.56 Å². The van der Waals surface area contributed by atoms with Gasteiger partial charge < -0.3 is 13.9 Å². The van der Waals surface area contributed by atoms with Crippen molar-refractivity contribution in [3.63, 3.8) is 0 Å². The lowest BCUT2D eigenvalue weighted by atomic mass is 10.1. The Bertz CT molecular complexity index is 1570. The topological polar surface area (TPSA) is 118 Å². The number of hydrogen-bond donors (Lipinski definition) is 1. The number of hydrogen-bond acceptors (Lipinski definition) is 7. The molecule has 5 rings (SSSR count). The van der Waals surface area contributed by atoms with Gasteiger partial charge >= 0.3 is 0 Å². The smallest absolute Gasteiger partial charge is 0.285 e.